The summed E-state index contributed by atoms with van der Waals surface area (Å²) in [7, 11) is 0. The zero-order chi connectivity index (χ0) is 13.7. The van der Waals surface area contributed by atoms with Gasteiger partial charge in [-0.05, 0) is 25.8 Å². The fourth-order valence-electron chi connectivity index (χ4n) is 1.75. The number of hydrogen-bond donors (Lipinski definition) is 2. The van der Waals surface area contributed by atoms with Crippen LogP contribution in [0.1, 0.15) is 25.3 Å². The molecule has 0 bridgehead atoms. The molecule has 104 valence electrons. The molecule has 2 rings (SSSR count). The number of aliphatic hydroxyl groups excluding tert-OH is 1. The highest BCUT2D eigenvalue weighted by Crippen LogP contribution is 2.31. The Hall–Kier alpha value is -1.75. The number of ether oxygens (including phenoxy) is 2. The normalized spacial score (nSPS) is 14.0. The Morgan fingerprint density at radius 1 is 1.42 bits per heavy atom. The molecule has 0 atom stereocenters. The molecule has 0 radical (unpaired) electrons. The second kappa shape index (κ2) is 6.43. The van der Waals surface area contributed by atoms with Gasteiger partial charge in [-0.3, -0.25) is 4.79 Å². The van der Waals surface area contributed by atoms with Gasteiger partial charge in [0.15, 0.2) is 18.1 Å². The summed E-state index contributed by atoms with van der Waals surface area (Å²) >= 11 is 0. The molecule has 0 aromatic heterocycles. The maximum Gasteiger partial charge on any atom is 0.258 e. The third kappa shape index (κ3) is 3.86. The van der Waals surface area contributed by atoms with Crippen molar-refractivity contribution in [2.75, 3.05) is 13.2 Å². The summed E-state index contributed by atoms with van der Waals surface area (Å²) in [6.45, 7) is 2.16. The first-order valence-corrected chi connectivity index (χ1v) is 6.52. The monoisotopic (exact) mass is 265 g/mol. The fraction of sp³-hybridized carbons (Fsp3) is 0.500. The van der Waals surface area contributed by atoms with Crippen LogP contribution in [0.5, 0.6) is 11.5 Å². The average molecular weight is 265 g/mol. The minimum absolute atomic E-state index is 0.0619. The quantitative estimate of drug-likeness (QED) is 0.778. The Labute approximate surface area is 112 Å². The minimum atomic E-state index is -0.152. The molecular weight excluding hydrogens is 246 g/mol. The van der Waals surface area contributed by atoms with Gasteiger partial charge in [0, 0.05) is 11.6 Å². The van der Waals surface area contributed by atoms with Gasteiger partial charge in [-0.25, -0.2) is 0 Å². The van der Waals surface area contributed by atoms with Crippen molar-refractivity contribution < 1.29 is 19.4 Å². The molecule has 5 heteroatoms. The van der Waals surface area contributed by atoms with E-state index in [4.69, 9.17) is 9.47 Å². The van der Waals surface area contributed by atoms with Crippen LogP contribution in [0.2, 0.25) is 0 Å². The first kappa shape index (κ1) is 13.7. The van der Waals surface area contributed by atoms with E-state index in [0.29, 0.717) is 29.7 Å². The molecule has 19 heavy (non-hydrogen) atoms. The molecule has 1 fully saturated rings. The Kier molecular flexibility index (Phi) is 4.63. The summed E-state index contributed by atoms with van der Waals surface area (Å²) in [4.78, 5) is 11.6. The topological polar surface area (TPSA) is 67.8 Å². The molecule has 1 aromatic carbocycles. The van der Waals surface area contributed by atoms with Crippen molar-refractivity contribution in [3.8, 4) is 11.5 Å². The number of carbonyl (C=O) groups is 1. The third-order valence-corrected chi connectivity index (χ3v) is 2.82. The lowest BCUT2D eigenvalue weighted by Crippen LogP contribution is -2.30. The van der Waals surface area contributed by atoms with E-state index in [1.807, 2.05) is 6.92 Å². The second-order valence-corrected chi connectivity index (χ2v) is 4.47. The van der Waals surface area contributed by atoms with Gasteiger partial charge in [0.05, 0.1) is 13.2 Å². The predicted octanol–water partition coefficient (Wildman–Crippen LogP) is 1.23. The highest BCUT2D eigenvalue weighted by Gasteiger charge is 2.23. The Bertz CT molecular complexity index is 443. The highest BCUT2D eigenvalue weighted by molar-refractivity contribution is 5.78. The van der Waals surface area contributed by atoms with Crippen molar-refractivity contribution in [2.45, 2.75) is 32.4 Å². The maximum absolute atomic E-state index is 11.6. The Balaban J connectivity index is 2.01. The third-order valence-electron chi connectivity index (χ3n) is 2.82. The van der Waals surface area contributed by atoms with Gasteiger partial charge < -0.3 is 19.9 Å². The van der Waals surface area contributed by atoms with Crippen LogP contribution in [0.3, 0.4) is 0 Å². The van der Waals surface area contributed by atoms with E-state index >= 15 is 0 Å². The number of benzene rings is 1. The highest BCUT2D eigenvalue weighted by atomic mass is 16.5. The van der Waals surface area contributed by atoms with Crippen LogP contribution in [-0.4, -0.2) is 30.3 Å². The number of aliphatic hydroxyl groups is 1. The van der Waals surface area contributed by atoms with Crippen molar-refractivity contribution in [3.63, 3.8) is 0 Å². The standard InChI is InChI=1S/C14H19NO4/c1-2-18-12-5-3-4-10(8-16)14(12)19-9-13(17)15-11-6-7-11/h3-5,11,16H,2,6-9H2,1H3,(H,15,17). The van der Waals surface area contributed by atoms with Gasteiger partial charge in [0.1, 0.15) is 0 Å². The lowest BCUT2D eigenvalue weighted by atomic mass is 10.2. The van der Waals surface area contributed by atoms with Crippen molar-refractivity contribution in [1.29, 1.82) is 0 Å². The second-order valence-electron chi connectivity index (χ2n) is 4.47. The molecule has 0 unspecified atom stereocenters. The van der Waals surface area contributed by atoms with E-state index in [-0.39, 0.29) is 19.1 Å². The van der Waals surface area contributed by atoms with E-state index < -0.39 is 0 Å². The predicted molar refractivity (Wildman–Crippen MR) is 70.2 cm³/mol. The van der Waals surface area contributed by atoms with Crippen molar-refractivity contribution in [2.24, 2.45) is 0 Å². The average Bonchev–Trinajstić information content (AvgIpc) is 3.21. The molecule has 1 amide bonds. The van der Waals surface area contributed by atoms with Gasteiger partial charge in [0.2, 0.25) is 0 Å². The molecule has 0 aliphatic heterocycles. The molecule has 0 spiro atoms. The molecular formula is C14H19NO4. The first-order valence-electron chi connectivity index (χ1n) is 6.52. The zero-order valence-corrected chi connectivity index (χ0v) is 11.0. The van der Waals surface area contributed by atoms with Crippen LogP contribution in [-0.2, 0) is 11.4 Å². The Morgan fingerprint density at radius 3 is 2.84 bits per heavy atom. The van der Waals surface area contributed by atoms with Crippen LogP contribution >= 0.6 is 0 Å². The van der Waals surface area contributed by atoms with Crippen LogP contribution in [0.25, 0.3) is 0 Å². The van der Waals surface area contributed by atoms with Gasteiger partial charge in [-0.2, -0.15) is 0 Å². The van der Waals surface area contributed by atoms with Gasteiger partial charge >= 0.3 is 0 Å². The SMILES string of the molecule is CCOc1cccc(CO)c1OCC(=O)NC1CC1. The summed E-state index contributed by atoms with van der Waals surface area (Å²) in [6.07, 6.45) is 2.09. The largest absolute Gasteiger partial charge is 0.490 e. The van der Waals surface area contributed by atoms with Crippen molar-refractivity contribution in [3.05, 3.63) is 23.8 Å². The number of carbonyl (C=O) groups excluding carboxylic acids is 1. The summed E-state index contributed by atoms with van der Waals surface area (Å²) in [5.41, 5.74) is 0.616. The molecule has 0 saturated heterocycles. The van der Waals surface area contributed by atoms with E-state index in [2.05, 4.69) is 5.32 Å². The zero-order valence-electron chi connectivity index (χ0n) is 11.0. The van der Waals surface area contributed by atoms with Crippen LogP contribution < -0.4 is 14.8 Å². The molecule has 0 heterocycles. The summed E-state index contributed by atoms with van der Waals surface area (Å²) in [6, 6.07) is 5.61. The van der Waals surface area contributed by atoms with Crippen molar-refractivity contribution >= 4 is 5.91 Å². The Morgan fingerprint density at radius 2 is 2.21 bits per heavy atom. The number of amides is 1. The van der Waals surface area contributed by atoms with Crippen LogP contribution in [0.4, 0.5) is 0 Å². The molecule has 5 nitrogen and oxygen atoms in total. The lowest BCUT2D eigenvalue weighted by Gasteiger charge is -2.14. The van der Waals surface area contributed by atoms with E-state index in [1.54, 1.807) is 18.2 Å². The maximum atomic E-state index is 11.6. The molecule has 1 aliphatic rings. The summed E-state index contributed by atoms with van der Waals surface area (Å²) in [5, 5.41) is 12.1. The van der Waals surface area contributed by atoms with Gasteiger partial charge in [-0.15, -0.1) is 0 Å². The summed E-state index contributed by atoms with van der Waals surface area (Å²) < 4.78 is 10.9. The lowest BCUT2D eigenvalue weighted by molar-refractivity contribution is -0.123. The minimum Gasteiger partial charge on any atom is -0.490 e. The van der Waals surface area contributed by atoms with Gasteiger partial charge in [-0.1, -0.05) is 12.1 Å². The van der Waals surface area contributed by atoms with E-state index in [9.17, 15) is 9.90 Å². The molecule has 2 N–H and O–H groups in total. The van der Waals surface area contributed by atoms with Gasteiger partial charge in [0.25, 0.3) is 5.91 Å². The number of rotatable bonds is 7. The molecule has 1 aliphatic carbocycles. The van der Waals surface area contributed by atoms with Crippen LogP contribution in [0, 0.1) is 0 Å². The summed E-state index contributed by atoms with van der Waals surface area (Å²) in [5.74, 6) is 0.851. The molecule has 1 saturated carbocycles. The van der Waals surface area contributed by atoms with E-state index in [1.165, 1.54) is 0 Å². The molecule has 1 aromatic rings. The van der Waals surface area contributed by atoms with Crippen molar-refractivity contribution in [1.82, 2.24) is 5.32 Å². The van der Waals surface area contributed by atoms with Crippen LogP contribution in [0.15, 0.2) is 18.2 Å². The first-order chi connectivity index (χ1) is 9.24. The smallest absolute Gasteiger partial charge is 0.258 e. The fourth-order valence-corrected chi connectivity index (χ4v) is 1.75. The number of para-hydroxylation sites is 1. The number of hydrogen-bond acceptors (Lipinski definition) is 4. The number of nitrogens with one attached hydrogen (secondary N) is 1. The van der Waals surface area contributed by atoms with E-state index in [0.717, 1.165) is 12.8 Å².